The van der Waals surface area contributed by atoms with Crippen molar-refractivity contribution >= 4 is 41.3 Å². The number of guanidine groups is 1. The van der Waals surface area contributed by atoms with E-state index in [0.717, 1.165) is 22.8 Å². The van der Waals surface area contributed by atoms with Crippen molar-refractivity contribution in [1.82, 2.24) is 15.6 Å². The molecule has 1 heterocycles. The monoisotopic (exact) mass is 476 g/mol. The van der Waals surface area contributed by atoms with Crippen molar-refractivity contribution in [1.29, 1.82) is 0 Å². The summed E-state index contributed by atoms with van der Waals surface area (Å²) in [6.07, 6.45) is 0. The number of nitrogens with zero attached hydrogens (tertiary/aromatic N) is 2. The predicted octanol–water partition coefficient (Wildman–Crippen LogP) is 4.64. The van der Waals surface area contributed by atoms with Gasteiger partial charge in [-0.25, -0.2) is 14.4 Å². The second kappa shape index (κ2) is 10.1. The third-order valence-electron chi connectivity index (χ3n) is 3.84. The zero-order valence-corrected chi connectivity index (χ0v) is 18.5. The van der Waals surface area contributed by atoms with Crippen molar-refractivity contribution in [3.63, 3.8) is 0 Å². The van der Waals surface area contributed by atoms with Crippen molar-refractivity contribution in [3.8, 4) is 0 Å². The van der Waals surface area contributed by atoms with Gasteiger partial charge in [0.1, 0.15) is 10.8 Å². The van der Waals surface area contributed by atoms with Gasteiger partial charge in [0.25, 0.3) is 0 Å². The molecule has 0 bridgehead atoms. The summed E-state index contributed by atoms with van der Waals surface area (Å²) in [6, 6.07) is 5.27. The molecule has 4 nitrogen and oxygen atoms in total. The van der Waals surface area contributed by atoms with Gasteiger partial charge in [-0.05, 0) is 51.8 Å². The highest BCUT2D eigenvalue weighted by Crippen LogP contribution is 2.18. The Morgan fingerprint density at radius 2 is 2.04 bits per heavy atom. The summed E-state index contributed by atoms with van der Waals surface area (Å²) in [7, 11) is 0. The van der Waals surface area contributed by atoms with Crippen LogP contribution in [0.15, 0.2) is 23.2 Å². The molecule has 0 radical (unpaired) electrons. The smallest absolute Gasteiger partial charge is 0.192 e. The van der Waals surface area contributed by atoms with Gasteiger partial charge < -0.3 is 10.6 Å². The Kier molecular flexibility index (Phi) is 8.78. The van der Waals surface area contributed by atoms with Gasteiger partial charge in [-0.2, -0.15) is 0 Å². The number of rotatable bonds is 5. The van der Waals surface area contributed by atoms with Gasteiger partial charge in [0.2, 0.25) is 0 Å². The van der Waals surface area contributed by atoms with E-state index >= 15 is 0 Å². The molecule has 0 aliphatic rings. The van der Waals surface area contributed by atoms with Crippen molar-refractivity contribution < 1.29 is 4.39 Å². The number of aliphatic imine (C=N–C) groups is 1. The quantitative estimate of drug-likeness (QED) is 0.376. The van der Waals surface area contributed by atoms with E-state index in [4.69, 9.17) is 0 Å². The van der Waals surface area contributed by atoms with Crippen molar-refractivity contribution in [3.05, 3.63) is 50.7 Å². The van der Waals surface area contributed by atoms with Crippen LogP contribution in [0.25, 0.3) is 0 Å². The SMILES string of the molecule is CCNC(=NCc1nc(C)c(C)s1)NC(C)c1ccc(C)c(F)c1.I. The van der Waals surface area contributed by atoms with Gasteiger partial charge in [0.15, 0.2) is 5.96 Å². The number of thiazole rings is 1. The Hall–Kier alpha value is -1.22. The van der Waals surface area contributed by atoms with E-state index in [0.29, 0.717) is 18.1 Å². The maximum absolute atomic E-state index is 13.8. The molecule has 25 heavy (non-hydrogen) atoms. The van der Waals surface area contributed by atoms with Crippen LogP contribution in [0.2, 0.25) is 0 Å². The lowest BCUT2D eigenvalue weighted by Gasteiger charge is -2.18. The van der Waals surface area contributed by atoms with Crippen LogP contribution in [0, 0.1) is 26.6 Å². The summed E-state index contributed by atoms with van der Waals surface area (Å²) in [6.45, 7) is 11.1. The van der Waals surface area contributed by atoms with Crippen LogP contribution < -0.4 is 10.6 Å². The summed E-state index contributed by atoms with van der Waals surface area (Å²) in [5.41, 5.74) is 2.61. The molecular weight excluding hydrogens is 450 g/mol. The first-order valence-corrected chi connectivity index (χ1v) is 8.96. The molecule has 0 aliphatic carbocycles. The second-order valence-corrected chi connectivity index (χ2v) is 7.11. The zero-order valence-electron chi connectivity index (χ0n) is 15.3. The molecule has 0 fully saturated rings. The summed E-state index contributed by atoms with van der Waals surface area (Å²) in [5, 5.41) is 7.54. The summed E-state index contributed by atoms with van der Waals surface area (Å²) in [4.78, 5) is 10.3. The average Bonchev–Trinajstić information content (AvgIpc) is 2.86. The van der Waals surface area contributed by atoms with E-state index in [1.54, 1.807) is 30.4 Å². The van der Waals surface area contributed by atoms with Gasteiger partial charge in [0, 0.05) is 11.4 Å². The highest BCUT2D eigenvalue weighted by molar-refractivity contribution is 14.0. The number of halogens is 2. The molecular formula is C18H26FIN4S. The Bertz CT molecular complexity index is 710. The van der Waals surface area contributed by atoms with Crippen LogP contribution in [-0.2, 0) is 6.54 Å². The van der Waals surface area contributed by atoms with E-state index < -0.39 is 0 Å². The van der Waals surface area contributed by atoms with Crippen LogP contribution in [0.3, 0.4) is 0 Å². The van der Waals surface area contributed by atoms with Crippen molar-refractivity contribution in [2.75, 3.05) is 6.54 Å². The third kappa shape index (κ3) is 6.22. The van der Waals surface area contributed by atoms with Gasteiger partial charge in [-0.3, -0.25) is 0 Å². The number of benzene rings is 1. The minimum absolute atomic E-state index is 0. The number of nitrogens with one attached hydrogen (secondary N) is 2. The normalized spacial score (nSPS) is 12.5. The van der Waals surface area contributed by atoms with E-state index in [1.165, 1.54) is 4.88 Å². The number of aromatic nitrogens is 1. The lowest BCUT2D eigenvalue weighted by Crippen LogP contribution is -2.38. The van der Waals surface area contributed by atoms with Crippen molar-refractivity contribution in [2.45, 2.75) is 47.2 Å². The van der Waals surface area contributed by atoms with Crippen LogP contribution in [0.1, 0.15) is 46.6 Å². The highest BCUT2D eigenvalue weighted by Gasteiger charge is 2.10. The predicted molar refractivity (Wildman–Crippen MR) is 115 cm³/mol. The summed E-state index contributed by atoms with van der Waals surface area (Å²) >= 11 is 1.67. The largest absolute Gasteiger partial charge is 0.357 e. The Morgan fingerprint density at radius 1 is 1.32 bits per heavy atom. The third-order valence-corrected chi connectivity index (χ3v) is 4.90. The fourth-order valence-electron chi connectivity index (χ4n) is 2.24. The molecule has 1 atom stereocenters. The van der Waals surface area contributed by atoms with Gasteiger partial charge in [-0.15, -0.1) is 35.3 Å². The van der Waals surface area contributed by atoms with Crippen LogP contribution in [0.5, 0.6) is 0 Å². The maximum atomic E-state index is 13.8. The fourth-order valence-corrected chi connectivity index (χ4v) is 3.10. The van der Waals surface area contributed by atoms with Crippen LogP contribution in [-0.4, -0.2) is 17.5 Å². The molecule has 0 spiro atoms. The molecule has 2 rings (SSSR count). The fraction of sp³-hybridized carbons (Fsp3) is 0.444. The van der Waals surface area contributed by atoms with E-state index in [9.17, 15) is 4.39 Å². The molecule has 0 amide bonds. The summed E-state index contributed by atoms with van der Waals surface area (Å²) in [5.74, 6) is 0.522. The highest BCUT2D eigenvalue weighted by atomic mass is 127. The standard InChI is InChI=1S/C18H25FN4S.HI/c1-6-20-18(21-10-17-22-12(3)14(5)24-17)23-13(4)15-8-7-11(2)16(19)9-15;/h7-9,13H,6,10H2,1-5H3,(H2,20,21,23);1H. The van der Waals surface area contributed by atoms with E-state index in [-0.39, 0.29) is 35.8 Å². The Labute approximate surface area is 170 Å². The first kappa shape index (κ1) is 21.8. The first-order valence-electron chi connectivity index (χ1n) is 8.14. The molecule has 7 heteroatoms. The molecule has 138 valence electrons. The topological polar surface area (TPSA) is 49.3 Å². The minimum atomic E-state index is -0.183. The number of hydrogen-bond acceptors (Lipinski definition) is 3. The minimum Gasteiger partial charge on any atom is -0.357 e. The van der Waals surface area contributed by atoms with Gasteiger partial charge in [0.05, 0.1) is 18.3 Å². The number of aryl methyl sites for hydroxylation is 3. The van der Waals surface area contributed by atoms with E-state index in [1.807, 2.05) is 26.8 Å². The van der Waals surface area contributed by atoms with Crippen molar-refractivity contribution in [2.24, 2.45) is 4.99 Å². The Balaban J connectivity index is 0.00000312. The van der Waals surface area contributed by atoms with Gasteiger partial charge >= 0.3 is 0 Å². The molecule has 0 saturated heterocycles. The van der Waals surface area contributed by atoms with E-state index in [2.05, 4.69) is 27.5 Å². The molecule has 0 saturated carbocycles. The maximum Gasteiger partial charge on any atom is 0.192 e. The molecule has 0 aliphatic heterocycles. The molecule has 1 aromatic heterocycles. The lowest BCUT2D eigenvalue weighted by molar-refractivity contribution is 0.607. The lowest BCUT2D eigenvalue weighted by atomic mass is 10.1. The second-order valence-electron chi connectivity index (χ2n) is 5.82. The summed E-state index contributed by atoms with van der Waals surface area (Å²) < 4.78 is 13.8. The zero-order chi connectivity index (χ0) is 17.7. The van der Waals surface area contributed by atoms with Crippen LogP contribution >= 0.6 is 35.3 Å². The number of hydrogen-bond donors (Lipinski definition) is 2. The molecule has 1 unspecified atom stereocenters. The van der Waals surface area contributed by atoms with Crippen LogP contribution in [0.4, 0.5) is 4.39 Å². The molecule has 1 aromatic carbocycles. The van der Waals surface area contributed by atoms with Gasteiger partial charge in [-0.1, -0.05) is 12.1 Å². The first-order chi connectivity index (χ1) is 11.4. The molecule has 2 aromatic rings. The average molecular weight is 476 g/mol. The molecule has 2 N–H and O–H groups in total. The Morgan fingerprint density at radius 3 is 2.60 bits per heavy atom.